The second kappa shape index (κ2) is 11.2. The van der Waals surface area contributed by atoms with Crippen molar-refractivity contribution < 1.29 is 14.0 Å². The highest BCUT2D eigenvalue weighted by Gasteiger charge is 2.08. The molecule has 2 rings (SSSR count). The van der Waals surface area contributed by atoms with Crippen LogP contribution in [-0.2, 0) is 4.79 Å². The minimum absolute atomic E-state index is 0. The fourth-order valence-corrected chi connectivity index (χ4v) is 2.28. The molecule has 140 valence electrons. The maximum absolute atomic E-state index is 12.8. The Labute approximate surface area is 158 Å². The fraction of sp³-hybridized carbons (Fsp3) is 0.263. The molecule has 1 unspecified atom stereocenters. The molecule has 0 bridgehead atoms. The average molecular weight is 380 g/mol. The molecule has 0 saturated heterocycles. The summed E-state index contributed by atoms with van der Waals surface area (Å²) in [5, 5.41) is 5.49. The molecule has 0 aliphatic carbocycles. The second-order valence-electron chi connectivity index (χ2n) is 5.69. The molecule has 2 aromatic rings. The van der Waals surface area contributed by atoms with Crippen LogP contribution in [0.25, 0.3) is 0 Å². The molecule has 26 heavy (non-hydrogen) atoms. The Bertz CT molecular complexity index is 696. The first kappa shape index (κ1) is 21.6. The number of hydrogen-bond acceptors (Lipinski definition) is 3. The normalized spacial score (nSPS) is 11.2. The molecule has 0 aliphatic heterocycles. The van der Waals surface area contributed by atoms with Crippen LogP contribution in [0.15, 0.2) is 54.6 Å². The summed E-state index contributed by atoms with van der Waals surface area (Å²) in [7, 11) is 0. The summed E-state index contributed by atoms with van der Waals surface area (Å²) in [6.07, 6.45) is 0.810. The molecule has 7 heteroatoms. The Morgan fingerprint density at radius 2 is 1.65 bits per heavy atom. The smallest absolute Gasteiger partial charge is 0.251 e. The first-order valence-electron chi connectivity index (χ1n) is 8.17. The maximum Gasteiger partial charge on any atom is 0.251 e. The number of nitrogens with two attached hydrogens (primary N) is 1. The van der Waals surface area contributed by atoms with Crippen LogP contribution in [0.5, 0.6) is 0 Å². The Morgan fingerprint density at radius 1 is 1.00 bits per heavy atom. The minimum Gasteiger partial charge on any atom is -0.354 e. The van der Waals surface area contributed by atoms with Gasteiger partial charge in [0.15, 0.2) is 0 Å². The van der Waals surface area contributed by atoms with Crippen LogP contribution in [-0.4, -0.2) is 24.9 Å². The summed E-state index contributed by atoms with van der Waals surface area (Å²) in [5.74, 6) is -0.782. The van der Waals surface area contributed by atoms with Crippen molar-refractivity contribution in [2.45, 2.75) is 18.9 Å². The molecule has 0 saturated carbocycles. The first-order chi connectivity index (χ1) is 12.1. The van der Waals surface area contributed by atoms with E-state index in [4.69, 9.17) is 5.73 Å². The monoisotopic (exact) mass is 379 g/mol. The van der Waals surface area contributed by atoms with Crippen molar-refractivity contribution in [3.63, 3.8) is 0 Å². The number of amides is 2. The Morgan fingerprint density at radius 3 is 2.31 bits per heavy atom. The van der Waals surface area contributed by atoms with Gasteiger partial charge in [0, 0.05) is 31.1 Å². The summed E-state index contributed by atoms with van der Waals surface area (Å²) >= 11 is 0. The zero-order chi connectivity index (χ0) is 18.1. The highest BCUT2D eigenvalue weighted by molar-refractivity contribution is 5.94. The molecular weight excluding hydrogens is 357 g/mol. The van der Waals surface area contributed by atoms with Crippen molar-refractivity contribution in [3.05, 3.63) is 71.5 Å². The molecule has 0 aromatic heterocycles. The molecule has 0 heterocycles. The molecular formula is C19H23ClFN3O2. The van der Waals surface area contributed by atoms with E-state index in [1.807, 2.05) is 30.3 Å². The molecule has 1 atom stereocenters. The van der Waals surface area contributed by atoms with Crippen LogP contribution in [0.4, 0.5) is 4.39 Å². The zero-order valence-corrected chi connectivity index (χ0v) is 15.1. The Hall–Kier alpha value is -2.44. The minimum atomic E-state index is -0.387. The van der Waals surface area contributed by atoms with Crippen LogP contribution >= 0.6 is 12.4 Å². The van der Waals surface area contributed by atoms with Crippen LogP contribution in [0.3, 0.4) is 0 Å². The van der Waals surface area contributed by atoms with Crippen molar-refractivity contribution in [3.8, 4) is 0 Å². The largest absolute Gasteiger partial charge is 0.354 e. The third kappa shape index (κ3) is 7.21. The van der Waals surface area contributed by atoms with Crippen molar-refractivity contribution in [1.29, 1.82) is 0 Å². The summed E-state index contributed by atoms with van der Waals surface area (Å²) in [5.41, 5.74) is 7.37. The van der Waals surface area contributed by atoms with Crippen molar-refractivity contribution in [2.75, 3.05) is 13.1 Å². The number of halogens is 2. The van der Waals surface area contributed by atoms with Gasteiger partial charge in [0.2, 0.25) is 5.91 Å². The lowest BCUT2D eigenvalue weighted by molar-refractivity contribution is -0.121. The van der Waals surface area contributed by atoms with E-state index in [1.165, 1.54) is 24.3 Å². The van der Waals surface area contributed by atoms with Crippen LogP contribution in [0.1, 0.15) is 34.8 Å². The van der Waals surface area contributed by atoms with Crippen LogP contribution in [0, 0.1) is 5.82 Å². The predicted octanol–water partition coefficient (Wildman–Crippen LogP) is 2.57. The molecule has 0 spiro atoms. The van der Waals surface area contributed by atoms with Gasteiger partial charge in [0.05, 0.1) is 0 Å². The molecule has 0 aliphatic rings. The third-order valence-corrected chi connectivity index (χ3v) is 3.72. The molecule has 0 radical (unpaired) electrons. The van der Waals surface area contributed by atoms with Crippen molar-refractivity contribution >= 4 is 24.2 Å². The number of carbonyl (C=O) groups excluding carboxylic acids is 2. The lowest BCUT2D eigenvalue weighted by Crippen LogP contribution is -2.32. The molecule has 5 nitrogen and oxygen atoms in total. The highest BCUT2D eigenvalue weighted by Crippen LogP contribution is 2.08. The quantitative estimate of drug-likeness (QED) is 0.616. The van der Waals surface area contributed by atoms with Gasteiger partial charge in [-0.3, -0.25) is 9.59 Å². The second-order valence-corrected chi connectivity index (χ2v) is 5.69. The van der Waals surface area contributed by atoms with E-state index in [0.29, 0.717) is 31.5 Å². The Balaban J connectivity index is 0.00000338. The van der Waals surface area contributed by atoms with Gasteiger partial charge < -0.3 is 16.4 Å². The lowest BCUT2D eigenvalue weighted by atomic mass is 10.1. The van der Waals surface area contributed by atoms with E-state index in [1.54, 1.807) is 0 Å². The van der Waals surface area contributed by atoms with E-state index in [9.17, 15) is 14.0 Å². The van der Waals surface area contributed by atoms with Gasteiger partial charge in [0.1, 0.15) is 5.82 Å². The van der Waals surface area contributed by atoms with E-state index < -0.39 is 0 Å². The standard InChI is InChI=1S/C19H22FN3O2.ClH/c20-16-10-8-15(9-11-16)19(25)22-12-4-7-18(24)23-13-17(21)14-5-2-1-3-6-14;/h1-3,5-6,8-11,17H,4,7,12-13,21H2,(H,22,25)(H,23,24);1H. The zero-order valence-electron chi connectivity index (χ0n) is 14.3. The van der Waals surface area contributed by atoms with Gasteiger partial charge in [0.25, 0.3) is 5.91 Å². The fourth-order valence-electron chi connectivity index (χ4n) is 2.28. The van der Waals surface area contributed by atoms with E-state index >= 15 is 0 Å². The topological polar surface area (TPSA) is 84.2 Å². The van der Waals surface area contributed by atoms with Crippen molar-refractivity contribution in [1.82, 2.24) is 10.6 Å². The first-order valence-corrected chi connectivity index (χ1v) is 8.17. The number of rotatable bonds is 8. The van der Waals surface area contributed by atoms with Gasteiger partial charge in [-0.1, -0.05) is 30.3 Å². The summed E-state index contributed by atoms with van der Waals surface area (Å²) < 4.78 is 12.8. The summed E-state index contributed by atoms with van der Waals surface area (Å²) in [6.45, 7) is 0.735. The van der Waals surface area contributed by atoms with Gasteiger partial charge in [-0.2, -0.15) is 0 Å². The Kier molecular flexibility index (Phi) is 9.33. The summed E-state index contributed by atoms with van der Waals surface area (Å²) in [6, 6.07) is 14.6. The molecule has 2 aromatic carbocycles. The molecule has 4 N–H and O–H groups in total. The number of benzene rings is 2. The molecule has 0 fully saturated rings. The average Bonchev–Trinajstić information content (AvgIpc) is 2.64. The van der Waals surface area contributed by atoms with E-state index in [0.717, 1.165) is 5.56 Å². The van der Waals surface area contributed by atoms with Crippen LogP contribution in [0.2, 0.25) is 0 Å². The van der Waals surface area contributed by atoms with Gasteiger partial charge in [-0.05, 0) is 36.2 Å². The van der Waals surface area contributed by atoms with Crippen molar-refractivity contribution in [2.24, 2.45) is 5.73 Å². The predicted molar refractivity (Wildman–Crippen MR) is 102 cm³/mol. The van der Waals surface area contributed by atoms with Crippen LogP contribution < -0.4 is 16.4 Å². The van der Waals surface area contributed by atoms with E-state index in [-0.39, 0.29) is 36.1 Å². The van der Waals surface area contributed by atoms with Gasteiger partial charge in [-0.25, -0.2) is 4.39 Å². The highest BCUT2D eigenvalue weighted by atomic mass is 35.5. The SMILES string of the molecule is Cl.NC(CNC(=O)CCCNC(=O)c1ccc(F)cc1)c1ccccc1. The lowest BCUT2D eigenvalue weighted by Gasteiger charge is -2.13. The third-order valence-electron chi connectivity index (χ3n) is 3.72. The number of nitrogens with one attached hydrogen (secondary N) is 2. The number of hydrogen-bond donors (Lipinski definition) is 3. The van der Waals surface area contributed by atoms with E-state index in [2.05, 4.69) is 10.6 Å². The number of carbonyl (C=O) groups is 2. The van der Waals surface area contributed by atoms with Gasteiger partial charge in [-0.15, -0.1) is 12.4 Å². The summed E-state index contributed by atoms with van der Waals surface area (Å²) in [4.78, 5) is 23.6. The van der Waals surface area contributed by atoms with Gasteiger partial charge >= 0.3 is 0 Å². The molecule has 2 amide bonds. The maximum atomic E-state index is 12.8.